The van der Waals surface area contributed by atoms with E-state index >= 15 is 0 Å². The number of benzene rings is 1. The molecule has 8 heteroatoms. The molecule has 2 fully saturated rings. The maximum absolute atomic E-state index is 14.0. The lowest BCUT2D eigenvalue weighted by atomic mass is 10.2. The standard InChI is InChI=1S/C24H39FN6O/c1-4-26-24(28-20-10-13-31(18-20)23(32)19(2)3)27-11-7-12-29-14-16-30(17-15-29)22-9-6-5-8-21(22)25/h5-6,8-9,19-20H,4,7,10-18H2,1-3H3,(H2,26,27,28). The Morgan fingerprint density at radius 2 is 1.94 bits per heavy atom. The smallest absolute Gasteiger partial charge is 0.225 e. The van der Waals surface area contributed by atoms with Gasteiger partial charge < -0.3 is 20.4 Å². The Morgan fingerprint density at radius 3 is 2.62 bits per heavy atom. The Morgan fingerprint density at radius 1 is 1.19 bits per heavy atom. The van der Waals surface area contributed by atoms with Crippen molar-refractivity contribution in [2.24, 2.45) is 10.9 Å². The van der Waals surface area contributed by atoms with Gasteiger partial charge in [-0.2, -0.15) is 0 Å². The van der Waals surface area contributed by atoms with Crippen LogP contribution in [0.5, 0.6) is 0 Å². The molecule has 1 amide bonds. The first-order valence-electron chi connectivity index (χ1n) is 12.0. The van der Waals surface area contributed by atoms with Crippen LogP contribution in [-0.2, 0) is 4.79 Å². The van der Waals surface area contributed by atoms with E-state index < -0.39 is 0 Å². The fraction of sp³-hybridized carbons (Fsp3) is 0.667. The summed E-state index contributed by atoms with van der Waals surface area (Å²) in [5, 5.41) is 6.82. The molecule has 0 radical (unpaired) electrons. The number of amides is 1. The van der Waals surface area contributed by atoms with Crippen LogP contribution >= 0.6 is 0 Å². The number of hydrogen-bond donors (Lipinski definition) is 2. The van der Waals surface area contributed by atoms with Crippen molar-refractivity contribution >= 4 is 17.6 Å². The quantitative estimate of drug-likeness (QED) is 0.364. The molecule has 1 aromatic rings. The molecule has 3 rings (SSSR count). The summed E-state index contributed by atoms with van der Waals surface area (Å²) in [6, 6.07) is 7.27. The molecule has 2 saturated heterocycles. The van der Waals surface area contributed by atoms with Crippen molar-refractivity contribution in [3.8, 4) is 0 Å². The number of likely N-dealkylation sites (tertiary alicyclic amines) is 1. The average Bonchev–Trinajstić information content (AvgIpc) is 3.25. The molecule has 0 aromatic heterocycles. The maximum Gasteiger partial charge on any atom is 0.225 e. The van der Waals surface area contributed by atoms with Gasteiger partial charge in [0, 0.05) is 70.9 Å². The van der Waals surface area contributed by atoms with Gasteiger partial charge in [0.1, 0.15) is 5.82 Å². The summed E-state index contributed by atoms with van der Waals surface area (Å²) in [4.78, 5) is 23.5. The summed E-state index contributed by atoms with van der Waals surface area (Å²) in [5.41, 5.74) is 0.707. The number of hydrogen-bond acceptors (Lipinski definition) is 4. The molecule has 1 aromatic carbocycles. The largest absolute Gasteiger partial charge is 0.367 e. The molecule has 0 bridgehead atoms. The Hall–Kier alpha value is -2.35. The van der Waals surface area contributed by atoms with Crippen LogP contribution in [0.3, 0.4) is 0 Å². The summed E-state index contributed by atoms with van der Waals surface area (Å²) in [6.45, 7) is 13.7. The third-order valence-electron chi connectivity index (χ3n) is 6.15. The Balaban J connectivity index is 1.38. The van der Waals surface area contributed by atoms with E-state index in [9.17, 15) is 9.18 Å². The summed E-state index contributed by atoms with van der Waals surface area (Å²) in [7, 11) is 0. The summed E-state index contributed by atoms with van der Waals surface area (Å²) in [6.07, 6.45) is 1.94. The molecule has 2 aliphatic rings. The number of carbonyl (C=O) groups is 1. The van der Waals surface area contributed by atoms with Crippen molar-refractivity contribution in [1.29, 1.82) is 0 Å². The first kappa shape index (κ1) is 24.3. The van der Waals surface area contributed by atoms with E-state index in [0.29, 0.717) is 5.69 Å². The van der Waals surface area contributed by atoms with Crippen molar-refractivity contribution in [3.05, 3.63) is 30.1 Å². The highest BCUT2D eigenvalue weighted by Crippen LogP contribution is 2.20. The molecule has 2 aliphatic heterocycles. The van der Waals surface area contributed by atoms with Crippen LogP contribution in [-0.4, -0.2) is 86.6 Å². The number of para-hydroxylation sites is 1. The van der Waals surface area contributed by atoms with Crippen molar-refractivity contribution in [2.75, 3.05) is 63.8 Å². The molecule has 1 atom stereocenters. The topological polar surface area (TPSA) is 63.2 Å². The number of nitrogens with zero attached hydrogens (tertiary/aromatic N) is 4. The molecule has 32 heavy (non-hydrogen) atoms. The van der Waals surface area contributed by atoms with Gasteiger partial charge in [-0.25, -0.2) is 4.39 Å². The fourth-order valence-electron chi connectivity index (χ4n) is 4.36. The second-order valence-electron chi connectivity index (χ2n) is 8.96. The van der Waals surface area contributed by atoms with Crippen LogP contribution in [0.25, 0.3) is 0 Å². The first-order valence-corrected chi connectivity index (χ1v) is 12.0. The fourth-order valence-corrected chi connectivity index (χ4v) is 4.36. The van der Waals surface area contributed by atoms with E-state index in [1.807, 2.05) is 30.9 Å². The van der Waals surface area contributed by atoms with Gasteiger partial charge in [0.2, 0.25) is 5.91 Å². The molecule has 2 heterocycles. The third-order valence-corrected chi connectivity index (χ3v) is 6.15. The molecule has 1 unspecified atom stereocenters. The SMILES string of the molecule is CCNC(=NCCCN1CCN(c2ccccc2F)CC1)NC1CCN(C(=O)C(C)C)C1. The Bertz CT molecular complexity index is 763. The van der Waals surface area contributed by atoms with Crippen molar-refractivity contribution < 1.29 is 9.18 Å². The number of rotatable bonds is 8. The Labute approximate surface area is 192 Å². The molecule has 0 saturated carbocycles. The molecule has 2 N–H and O–H groups in total. The molecule has 7 nitrogen and oxygen atoms in total. The number of halogens is 1. The zero-order chi connectivity index (χ0) is 22.9. The predicted molar refractivity (Wildman–Crippen MR) is 129 cm³/mol. The van der Waals surface area contributed by atoms with E-state index in [4.69, 9.17) is 4.99 Å². The van der Waals surface area contributed by atoms with Crippen LogP contribution in [0, 0.1) is 11.7 Å². The lowest BCUT2D eigenvalue weighted by molar-refractivity contribution is -0.133. The minimum Gasteiger partial charge on any atom is -0.367 e. The number of guanidine groups is 1. The lowest BCUT2D eigenvalue weighted by Gasteiger charge is -2.36. The number of aliphatic imine (C=N–C) groups is 1. The zero-order valence-electron chi connectivity index (χ0n) is 19.8. The van der Waals surface area contributed by atoms with E-state index in [2.05, 4.69) is 27.4 Å². The van der Waals surface area contributed by atoms with Crippen LogP contribution < -0.4 is 15.5 Å². The van der Waals surface area contributed by atoms with Crippen LogP contribution in [0.2, 0.25) is 0 Å². The highest BCUT2D eigenvalue weighted by molar-refractivity contribution is 5.81. The van der Waals surface area contributed by atoms with Crippen molar-refractivity contribution in [2.45, 2.75) is 39.7 Å². The normalized spacial score (nSPS) is 20.2. The van der Waals surface area contributed by atoms with E-state index in [0.717, 1.165) is 77.7 Å². The minimum atomic E-state index is -0.141. The lowest BCUT2D eigenvalue weighted by Crippen LogP contribution is -2.47. The van der Waals surface area contributed by atoms with Gasteiger partial charge in [-0.1, -0.05) is 26.0 Å². The third kappa shape index (κ3) is 6.82. The predicted octanol–water partition coefficient (Wildman–Crippen LogP) is 2.15. The highest BCUT2D eigenvalue weighted by Gasteiger charge is 2.28. The van der Waals surface area contributed by atoms with Crippen LogP contribution in [0.4, 0.5) is 10.1 Å². The molecule has 178 valence electrons. The second kappa shape index (κ2) is 12.0. The molecule has 0 spiro atoms. The number of piperazine rings is 1. The van der Waals surface area contributed by atoms with Crippen LogP contribution in [0.1, 0.15) is 33.6 Å². The average molecular weight is 447 g/mol. The zero-order valence-corrected chi connectivity index (χ0v) is 19.8. The van der Waals surface area contributed by atoms with E-state index in [-0.39, 0.29) is 23.7 Å². The van der Waals surface area contributed by atoms with E-state index in [1.54, 1.807) is 6.07 Å². The first-order chi connectivity index (χ1) is 15.5. The highest BCUT2D eigenvalue weighted by atomic mass is 19.1. The van der Waals surface area contributed by atoms with Gasteiger partial charge in [0.05, 0.1) is 5.69 Å². The summed E-state index contributed by atoms with van der Waals surface area (Å²) >= 11 is 0. The number of nitrogens with one attached hydrogen (secondary N) is 2. The second-order valence-corrected chi connectivity index (χ2v) is 8.96. The monoisotopic (exact) mass is 446 g/mol. The molecule has 0 aliphatic carbocycles. The molecular formula is C24H39FN6O. The van der Waals surface area contributed by atoms with Gasteiger partial charge >= 0.3 is 0 Å². The number of carbonyl (C=O) groups excluding carboxylic acids is 1. The minimum absolute atomic E-state index is 0.0456. The van der Waals surface area contributed by atoms with Gasteiger partial charge in [-0.3, -0.25) is 14.7 Å². The number of anilines is 1. The molecular weight excluding hydrogens is 407 g/mol. The van der Waals surface area contributed by atoms with E-state index in [1.165, 1.54) is 6.07 Å². The van der Waals surface area contributed by atoms with Crippen LogP contribution in [0.15, 0.2) is 29.3 Å². The van der Waals surface area contributed by atoms with Gasteiger partial charge in [-0.05, 0) is 31.9 Å². The van der Waals surface area contributed by atoms with Crippen molar-refractivity contribution in [3.63, 3.8) is 0 Å². The summed E-state index contributed by atoms with van der Waals surface area (Å²) in [5.74, 6) is 0.967. The van der Waals surface area contributed by atoms with Crippen molar-refractivity contribution in [1.82, 2.24) is 20.4 Å². The Kier molecular flexibility index (Phi) is 9.14. The van der Waals surface area contributed by atoms with Gasteiger partial charge in [0.15, 0.2) is 5.96 Å². The van der Waals surface area contributed by atoms with Gasteiger partial charge in [-0.15, -0.1) is 0 Å². The maximum atomic E-state index is 14.0. The summed E-state index contributed by atoms with van der Waals surface area (Å²) < 4.78 is 14.0. The van der Waals surface area contributed by atoms with Gasteiger partial charge in [0.25, 0.3) is 0 Å².